The minimum atomic E-state index is -0.497. The summed E-state index contributed by atoms with van der Waals surface area (Å²) >= 11 is 0. The molecule has 1 heterocycles. The van der Waals surface area contributed by atoms with Crippen molar-refractivity contribution in [2.45, 2.75) is 13.5 Å². The number of benzene rings is 1. The molecule has 0 spiro atoms. The Bertz CT molecular complexity index is 599. The Hall–Kier alpha value is -2.56. The summed E-state index contributed by atoms with van der Waals surface area (Å²) in [5.74, 6) is 0.813. The summed E-state index contributed by atoms with van der Waals surface area (Å²) in [5, 5.41) is 3.11. The van der Waals surface area contributed by atoms with E-state index in [1.165, 1.54) is 0 Å². The van der Waals surface area contributed by atoms with Crippen LogP contribution in [-0.4, -0.2) is 17.5 Å². The third-order valence-electron chi connectivity index (χ3n) is 2.74. The lowest BCUT2D eigenvalue weighted by Crippen LogP contribution is -2.15. The largest absolute Gasteiger partial charge is 0.494 e. The zero-order valence-electron chi connectivity index (χ0n) is 11.3. The van der Waals surface area contributed by atoms with Gasteiger partial charge in [0.05, 0.1) is 12.2 Å². The van der Waals surface area contributed by atoms with Crippen molar-refractivity contribution in [3.05, 3.63) is 53.7 Å². The fraction of sp³-hybridized carbons (Fsp3) is 0.200. The maximum absolute atomic E-state index is 11.3. The number of carbonyl (C=O) groups excluding carboxylic acids is 1. The molecule has 0 atom stereocenters. The van der Waals surface area contributed by atoms with Crippen LogP contribution in [0.4, 0.5) is 5.82 Å². The van der Waals surface area contributed by atoms with Crippen molar-refractivity contribution >= 4 is 11.7 Å². The molecule has 0 aliphatic carbocycles. The van der Waals surface area contributed by atoms with Crippen molar-refractivity contribution < 1.29 is 9.53 Å². The summed E-state index contributed by atoms with van der Waals surface area (Å²) in [6.07, 6.45) is 1.62. The normalized spacial score (nSPS) is 10.1. The van der Waals surface area contributed by atoms with Crippen molar-refractivity contribution in [1.29, 1.82) is 0 Å². The summed E-state index contributed by atoms with van der Waals surface area (Å²) in [7, 11) is 0. The Morgan fingerprint density at radius 2 is 2.20 bits per heavy atom. The van der Waals surface area contributed by atoms with Crippen LogP contribution in [0.2, 0.25) is 0 Å². The van der Waals surface area contributed by atoms with Crippen LogP contribution in [0.15, 0.2) is 42.6 Å². The van der Waals surface area contributed by atoms with Gasteiger partial charge in [-0.25, -0.2) is 4.98 Å². The first-order valence-corrected chi connectivity index (χ1v) is 6.41. The quantitative estimate of drug-likeness (QED) is 0.844. The van der Waals surface area contributed by atoms with Gasteiger partial charge in [0.2, 0.25) is 0 Å². The van der Waals surface area contributed by atoms with Crippen LogP contribution in [0.5, 0.6) is 5.75 Å². The lowest BCUT2D eigenvalue weighted by molar-refractivity contribution is 0.100. The van der Waals surface area contributed by atoms with Crippen LogP contribution in [0.1, 0.15) is 22.8 Å². The number of anilines is 1. The molecule has 2 rings (SSSR count). The molecule has 1 aromatic heterocycles. The number of nitrogens with two attached hydrogens (primary N) is 1. The van der Waals surface area contributed by atoms with Crippen LogP contribution in [-0.2, 0) is 6.54 Å². The lowest BCUT2D eigenvalue weighted by atomic mass is 10.2. The monoisotopic (exact) mass is 271 g/mol. The first kappa shape index (κ1) is 13.9. The highest BCUT2D eigenvalue weighted by molar-refractivity contribution is 5.97. The molecule has 1 aromatic carbocycles. The van der Waals surface area contributed by atoms with Gasteiger partial charge in [0.1, 0.15) is 11.6 Å². The van der Waals surface area contributed by atoms with E-state index in [2.05, 4.69) is 10.3 Å². The summed E-state index contributed by atoms with van der Waals surface area (Å²) in [6.45, 7) is 3.11. The molecule has 2 aromatic rings. The highest BCUT2D eigenvalue weighted by Crippen LogP contribution is 2.16. The molecule has 0 radical (unpaired) electrons. The molecule has 0 aliphatic heterocycles. The molecule has 0 unspecified atom stereocenters. The molecule has 0 saturated heterocycles. The van der Waals surface area contributed by atoms with Gasteiger partial charge in [-0.3, -0.25) is 4.79 Å². The van der Waals surface area contributed by atoms with E-state index in [1.807, 2.05) is 31.2 Å². The number of hydrogen-bond donors (Lipinski definition) is 2. The number of carbonyl (C=O) groups is 1. The number of ether oxygens (including phenoxy) is 1. The average Bonchev–Trinajstić information content (AvgIpc) is 2.46. The number of nitrogens with one attached hydrogen (secondary N) is 1. The third-order valence-corrected chi connectivity index (χ3v) is 2.74. The summed E-state index contributed by atoms with van der Waals surface area (Å²) < 4.78 is 5.44. The minimum absolute atomic E-state index is 0.383. The van der Waals surface area contributed by atoms with Gasteiger partial charge in [-0.15, -0.1) is 0 Å². The predicted molar refractivity (Wildman–Crippen MR) is 77.7 cm³/mol. The van der Waals surface area contributed by atoms with Gasteiger partial charge >= 0.3 is 0 Å². The van der Waals surface area contributed by atoms with Gasteiger partial charge < -0.3 is 15.8 Å². The summed E-state index contributed by atoms with van der Waals surface area (Å²) in [4.78, 5) is 15.4. The molecular weight excluding hydrogens is 254 g/mol. The van der Waals surface area contributed by atoms with E-state index in [1.54, 1.807) is 18.3 Å². The molecule has 0 saturated carbocycles. The molecule has 5 heteroatoms. The smallest absolute Gasteiger partial charge is 0.252 e. The zero-order valence-corrected chi connectivity index (χ0v) is 11.3. The van der Waals surface area contributed by atoms with E-state index in [-0.39, 0.29) is 0 Å². The Morgan fingerprint density at radius 3 is 2.95 bits per heavy atom. The number of pyridine rings is 1. The number of aromatic nitrogens is 1. The SMILES string of the molecule is CCOc1cccc(CNc2ncccc2C(N)=O)c1. The molecule has 0 aliphatic rings. The molecular formula is C15H17N3O2. The van der Waals surface area contributed by atoms with Crippen molar-refractivity contribution in [1.82, 2.24) is 4.98 Å². The molecule has 104 valence electrons. The topological polar surface area (TPSA) is 77.2 Å². The van der Waals surface area contributed by atoms with Gasteiger partial charge in [0.25, 0.3) is 5.91 Å². The Balaban J connectivity index is 2.09. The molecule has 1 amide bonds. The molecule has 5 nitrogen and oxygen atoms in total. The van der Waals surface area contributed by atoms with Crippen LogP contribution in [0.3, 0.4) is 0 Å². The Labute approximate surface area is 117 Å². The maximum Gasteiger partial charge on any atom is 0.252 e. The van der Waals surface area contributed by atoms with Crippen molar-refractivity contribution in [3.8, 4) is 5.75 Å². The highest BCUT2D eigenvalue weighted by atomic mass is 16.5. The second-order valence-corrected chi connectivity index (χ2v) is 4.20. The second-order valence-electron chi connectivity index (χ2n) is 4.20. The average molecular weight is 271 g/mol. The Kier molecular flexibility index (Phi) is 4.55. The zero-order chi connectivity index (χ0) is 14.4. The van der Waals surface area contributed by atoms with E-state index in [0.29, 0.717) is 24.5 Å². The highest BCUT2D eigenvalue weighted by Gasteiger charge is 2.08. The van der Waals surface area contributed by atoms with Gasteiger partial charge in [-0.2, -0.15) is 0 Å². The van der Waals surface area contributed by atoms with E-state index in [4.69, 9.17) is 10.5 Å². The van der Waals surface area contributed by atoms with Crippen molar-refractivity contribution in [2.75, 3.05) is 11.9 Å². The second kappa shape index (κ2) is 6.56. The van der Waals surface area contributed by atoms with Crippen LogP contribution >= 0.6 is 0 Å². The number of primary amides is 1. The van der Waals surface area contributed by atoms with E-state index >= 15 is 0 Å². The summed E-state index contributed by atoms with van der Waals surface area (Å²) in [5.41, 5.74) is 6.73. The molecule has 0 bridgehead atoms. The van der Waals surface area contributed by atoms with Crippen LogP contribution in [0.25, 0.3) is 0 Å². The number of amides is 1. The van der Waals surface area contributed by atoms with Crippen molar-refractivity contribution in [2.24, 2.45) is 5.73 Å². The number of nitrogens with zero attached hydrogens (tertiary/aromatic N) is 1. The first-order valence-electron chi connectivity index (χ1n) is 6.41. The summed E-state index contributed by atoms with van der Waals surface area (Å²) in [6, 6.07) is 11.1. The van der Waals surface area contributed by atoms with Gasteiger partial charge in [0, 0.05) is 12.7 Å². The maximum atomic E-state index is 11.3. The van der Waals surface area contributed by atoms with E-state index in [9.17, 15) is 4.79 Å². The molecule has 0 fully saturated rings. The molecule has 20 heavy (non-hydrogen) atoms. The minimum Gasteiger partial charge on any atom is -0.494 e. The molecule has 3 N–H and O–H groups in total. The van der Waals surface area contributed by atoms with Gasteiger partial charge in [-0.05, 0) is 36.8 Å². The van der Waals surface area contributed by atoms with E-state index in [0.717, 1.165) is 11.3 Å². The number of hydrogen-bond acceptors (Lipinski definition) is 4. The number of rotatable bonds is 6. The van der Waals surface area contributed by atoms with Gasteiger partial charge in [-0.1, -0.05) is 12.1 Å². The predicted octanol–water partition coefficient (Wildman–Crippen LogP) is 2.19. The Morgan fingerprint density at radius 1 is 1.35 bits per heavy atom. The van der Waals surface area contributed by atoms with Crippen LogP contribution in [0, 0.1) is 0 Å². The fourth-order valence-corrected chi connectivity index (χ4v) is 1.84. The van der Waals surface area contributed by atoms with Crippen LogP contribution < -0.4 is 15.8 Å². The lowest BCUT2D eigenvalue weighted by Gasteiger charge is -2.10. The standard InChI is InChI=1S/C15H17N3O2/c1-2-20-12-6-3-5-11(9-12)10-18-15-13(14(16)19)7-4-8-17-15/h3-9H,2,10H2,1H3,(H2,16,19)(H,17,18). The van der Waals surface area contributed by atoms with Crippen molar-refractivity contribution in [3.63, 3.8) is 0 Å². The van der Waals surface area contributed by atoms with Gasteiger partial charge in [0.15, 0.2) is 0 Å². The van der Waals surface area contributed by atoms with E-state index < -0.39 is 5.91 Å². The third kappa shape index (κ3) is 3.47. The first-order chi connectivity index (χ1) is 9.70. The fourth-order valence-electron chi connectivity index (χ4n) is 1.84.